The Balaban J connectivity index is 1.60. The van der Waals surface area contributed by atoms with E-state index >= 15 is 0 Å². The van der Waals surface area contributed by atoms with E-state index in [0.29, 0.717) is 17.3 Å². The van der Waals surface area contributed by atoms with Crippen LogP contribution in [0.25, 0.3) is 6.08 Å². The number of carbonyl (C=O) groups excluding carboxylic acids is 1. The normalized spacial score (nSPS) is 13.1. The number of benzene rings is 1. The van der Waals surface area contributed by atoms with Crippen LogP contribution in [0.2, 0.25) is 0 Å². The van der Waals surface area contributed by atoms with Gasteiger partial charge in [-0.25, -0.2) is 5.43 Å². The van der Waals surface area contributed by atoms with Gasteiger partial charge in [0.2, 0.25) is 6.79 Å². The maximum Gasteiger partial charge on any atom is 0.264 e. The van der Waals surface area contributed by atoms with Gasteiger partial charge in [-0.1, -0.05) is 6.07 Å². The van der Waals surface area contributed by atoms with Crippen molar-refractivity contribution >= 4 is 18.2 Å². The zero-order valence-electron chi connectivity index (χ0n) is 11.0. The van der Waals surface area contributed by atoms with Crippen LogP contribution in [0.5, 0.6) is 11.5 Å². The van der Waals surface area contributed by atoms with Crippen LogP contribution in [0.15, 0.2) is 52.2 Å². The Bertz CT molecular complexity index is 690. The molecule has 1 aromatic carbocycles. The van der Waals surface area contributed by atoms with Crippen LogP contribution >= 0.6 is 0 Å². The number of fused-ring (bicyclic) bond motifs is 1. The molecule has 0 atom stereocenters. The van der Waals surface area contributed by atoms with E-state index in [2.05, 4.69) is 10.5 Å². The van der Waals surface area contributed by atoms with Gasteiger partial charge in [-0.3, -0.25) is 4.79 Å². The number of hydrogen-bond acceptors (Lipinski definition) is 5. The zero-order chi connectivity index (χ0) is 14.5. The number of ether oxygens (including phenoxy) is 2. The second-order valence-electron chi connectivity index (χ2n) is 4.16. The van der Waals surface area contributed by atoms with Gasteiger partial charge in [-0.15, -0.1) is 0 Å². The van der Waals surface area contributed by atoms with Crippen LogP contribution in [0.4, 0.5) is 0 Å². The molecule has 0 saturated carbocycles. The number of furan rings is 1. The molecule has 21 heavy (non-hydrogen) atoms. The van der Waals surface area contributed by atoms with E-state index < -0.39 is 0 Å². The summed E-state index contributed by atoms with van der Waals surface area (Å²) in [6.07, 6.45) is 5.94. The van der Waals surface area contributed by atoms with Crippen molar-refractivity contribution in [2.45, 2.75) is 0 Å². The van der Waals surface area contributed by atoms with E-state index in [-0.39, 0.29) is 12.7 Å². The van der Waals surface area contributed by atoms with E-state index in [1.165, 1.54) is 18.6 Å². The molecule has 0 bridgehead atoms. The molecule has 1 amide bonds. The first-order chi connectivity index (χ1) is 10.3. The van der Waals surface area contributed by atoms with E-state index in [1.807, 2.05) is 18.2 Å². The highest BCUT2D eigenvalue weighted by Crippen LogP contribution is 2.34. The molecular formula is C15H12N2O4. The van der Waals surface area contributed by atoms with Crippen molar-refractivity contribution < 1.29 is 18.7 Å². The minimum absolute atomic E-state index is 0.193. The fourth-order valence-corrected chi connectivity index (χ4v) is 1.80. The zero-order valence-corrected chi connectivity index (χ0v) is 11.0. The van der Waals surface area contributed by atoms with Crippen LogP contribution in [-0.2, 0) is 4.79 Å². The smallest absolute Gasteiger partial charge is 0.264 e. The molecule has 2 heterocycles. The minimum Gasteiger partial charge on any atom is -0.465 e. The van der Waals surface area contributed by atoms with Gasteiger partial charge in [-0.05, 0) is 30.3 Å². The number of amides is 1. The standard InChI is InChI=1S/C15H12N2O4/c18-14(7-6-12-4-2-8-19-12)17-16-9-11-3-1-5-13-15(11)21-10-20-13/h1-9H,10H2,(H,17,18). The molecule has 0 fully saturated rings. The second kappa shape index (κ2) is 5.96. The molecule has 1 aliphatic rings. The first-order valence-electron chi connectivity index (χ1n) is 6.26. The highest BCUT2D eigenvalue weighted by Gasteiger charge is 2.15. The quantitative estimate of drug-likeness (QED) is 0.530. The van der Waals surface area contributed by atoms with E-state index in [0.717, 1.165) is 5.56 Å². The third kappa shape index (κ3) is 3.11. The average Bonchev–Trinajstić information content (AvgIpc) is 3.16. The lowest BCUT2D eigenvalue weighted by Crippen LogP contribution is -2.14. The Hall–Kier alpha value is -3.02. The summed E-state index contributed by atoms with van der Waals surface area (Å²) in [6, 6.07) is 8.95. The Kier molecular flexibility index (Phi) is 3.68. The number of hydrazone groups is 1. The highest BCUT2D eigenvalue weighted by atomic mass is 16.7. The molecule has 0 spiro atoms. The van der Waals surface area contributed by atoms with Crippen LogP contribution in [0.3, 0.4) is 0 Å². The fraction of sp³-hybridized carbons (Fsp3) is 0.0667. The average molecular weight is 284 g/mol. The first kappa shape index (κ1) is 13.0. The summed E-state index contributed by atoms with van der Waals surface area (Å²) >= 11 is 0. The maximum atomic E-state index is 11.6. The van der Waals surface area contributed by atoms with Gasteiger partial charge in [0, 0.05) is 11.6 Å². The Labute approximate surface area is 120 Å². The van der Waals surface area contributed by atoms with E-state index in [4.69, 9.17) is 13.9 Å². The van der Waals surface area contributed by atoms with Gasteiger partial charge < -0.3 is 13.9 Å². The summed E-state index contributed by atoms with van der Waals surface area (Å²) in [4.78, 5) is 11.6. The van der Waals surface area contributed by atoms with Crippen molar-refractivity contribution in [1.82, 2.24) is 5.43 Å². The fourth-order valence-electron chi connectivity index (χ4n) is 1.80. The molecule has 0 radical (unpaired) electrons. The molecule has 1 aliphatic heterocycles. The molecule has 1 aromatic heterocycles. The Morgan fingerprint density at radius 3 is 3.05 bits per heavy atom. The van der Waals surface area contributed by atoms with Gasteiger partial charge >= 0.3 is 0 Å². The molecule has 2 aromatic rings. The number of nitrogens with zero attached hydrogens (tertiary/aromatic N) is 1. The molecule has 6 heteroatoms. The van der Waals surface area contributed by atoms with Gasteiger partial charge in [0.25, 0.3) is 5.91 Å². The number of nitrogens with one attached hydrogen (secondary N) is 1. The third-order valence-corrected chi connectivity index (χ3v) is 2.75. The highest BCUT2D eigenvalue weighted by molar-refractivity contribution is 5.92. The predicted molar refractivity (Wildman–Crippen MR) is 76.0 cm³/mol. The summed E-state index contributed by atoms with van der Waals surface area (Å²) < 4.78 is 15.7. The van der Waals surface area contributed by atoms with Gasteiger partial charge in [-0.2, -0.15) is 5.10 Å². The van der Waals surface area contributed by atoms with Crippen molar-refractivity contribution in [3.05, 3.63) is 54.0 Å². The van der Waals surface area contributed by atoms with E-state index in [1.54, 1.807) is 18.2 Å². The molecule has 6 nitrogen and oxygen atoms in total. The maximum absolute atomic E-state index is 11.6. The van der Waals surface area contributed by atoms with E-state index in [9.17, 15) is 4.79 Å². The minimum atomic E-state index is -0.354. The lowest BCUT2D eigenvalue weighted by Gasteiger charge is -1.99. The first-order valence-corrected chi connectivity index (χ1v) is 6.26. The topological polar surface area (TPSA) is 73.1 Å². The van der Waals surface area contributed by atoms with Crippen molar-refractivity contribution in [3.63, 3.8) is 0 Å². The third-order valence-electron chi connectivity index (χ3n) is 2.75. The number of para-hydroxylation sites is 1. The Morgan fingerprint density at radius 2 is 2.19 bits per heavy atom. The van der Waals surface area contributed by atoms with Crippen LogP contribution < -0.4 is 14.9 Å². The molecule has 0 unspecified atom stereocenters. The van der Waals surface area contributed by atoms with Gasteiger partial charge in [0.05, 0.1) is 12.5 Å². The largest absolute Gasteiger partial charge is 0.465 e. The summed E-state index contributed by atoms with van der Waals surface area (Å²) in [5.41, 5.74) is 3.13. The molecule has 0 aliphatic carbocycles. The van der Waals surface area contributed by atoms with Crippen LogP contribution in [0.1, 0.15) is 11.3 Å². The van der Waals surface area contributed by atoms with Crippen molar-refractivity contribution in [3.8, 4) is 11.5 Å². The lowest BCUT2D eigenvalue weighted by molar-refractivity contribution is -0.116. The van der Waals surface area contributed by atoms with Crippen LogP contribution in [-0.4, -0.2) is 18.9 Å². The summed E-state index contributed by atoms with van der Waals surface area (Å²) in [7, 11) is 0. The summed E-state index contributed by atoms with van der Waals surface area (Å²) in [6.45, 7) is 0.193. The number of rotatable bonds is 4. The molecule has 106 valence electrons. The number of hydrogen-bond donors (Lipinski definition) is 1. The molecular weight excluding hydrogens is 272 g/mol. The lowest BCUT2D eigenvalue weighted by atomic mass is 10.2. The molecule has 0 saturated heterocycles. The predicted octanol–water partition coefficient (Wildman–Crippen LogP) is 2.17. The van der Waals surface area contributed by atoms with Crippen molar-refractivity contribution in [2.24, 2.45) is 5.10 Å². The van der Waals surface area contributed by atoms with Crippen molar-refractivity contribution in [1.29, 1.82) is 0 Å². The Morgan fingerprint density at radius 1 is 1.24 bits per heavy atom. The summed E-state index contributed by atoms with van der Waals surface area (Å²) in [5.74, 6) is 1.54. The molecule has 1 N–H and O–H groups in total. The van der Waals surface area contributed by atoms with Gasteiger partial charge in [0.15, 0.2) is 11.5 Å². The number of carbonyl (C=O) groups is 1. The molecule has 3 rings (SSSR count). The monoisotopic (exact) mass is 284 g/mol. The van der Waals surface area contributed by atoms with Crippen LogP contribution in [0, 0.1) is 0 Å². The second-order valence-corrected chi connectivity index (χ2v) is 4.16. The SMILES string of the molecule is O=C(C=Cc1ccco1)NN=Cc1cccc2c1OCO2. The summed E-state index contributed by atoms with van der Waals surface area (Å²) in [5, 5.41) is 3.88. The van der Waals surface area contributed by atoms with Crippen molar-refractivity contribution in [2.75, 3.05) is 6.79 Å². The van der Waals surface area contributed by atoms with Gasteiger partial charge in [0.1, 0.15) is 5.76 Å².